The van der Waals surface area contributed by atoms with Crippen LogP contribution in [0.15, 0.2) is 24.4 Å². The first-order valence-electron chi connectivity index (χ1n) is 20.7. The number of rotatable bonds is 8. The minimum Gasteiger partial charge on any atom is -0.463 e. The molecule has 4 unspecified atom stereocenters. The molecule has 298 valence electrons. The van der Waals surface area contributed by atoms with Crippen molar-refractivity contribution in [1.29, 1.82) is 0 Å². The number of ether oxygens (including phenoxy) is 2. The van der Waals surface area contributed by atoms with E-state index >= 15 is 8.78 Å². The summed E-state index contributed by atoms with van der Waals surface area (Å²) in [7, 11) is 0. The van der Waals surface area contributed by atoms with E-state index in [1.54, 1.807) is 18.3 Å². The minimum absolute atomic E-state index is 0.0422. The average molecular weight is 770 g/mol. The van der Waals surface area contributed by atoms with Crippen LogP contribution in [-0.4, -0.2) is 89.9 Å². The van der Waals surface area contributed by atoms with Crippen LogP contribution < -0.4 is 20.1 Å². The highest BCUT2D eigenvalue weighted by Gasteiger charge is 2.50. The van der Waals surface area contributed by atoms with Crippen molar-refractivity contribution in [3.05, 3.63) is 69.1 Å². The molecule has 13 heteroatoms. The van der Waals surface area contributed by atoms with Crippen LogP contribution in [0.1, 0.15) is 101 Å². The molecule has 3 aromatic heterocycles. The number of pyridine rings is 1. The van der Waals surface area contributed by atoms with Crippen molar-refractivity contribution in [2.45, 2.75) is 135 Å². The molecule has 11 nitrogen and oxygen atoms in total. The molecular formula is C43H53F2N7O4. The van der Waals surface area contributed by atoms with Gasteiger partial charge < -0.3 is 24.6 Å². The molecule has 0 amide bonds. The number of likely N-dealkylation sites (tertiary alicyclic amines) is 1. The Bertz CT molecular complexity index is 2260. The fourth-order valence-corrected chi connectivity index (χ4v) is 10.8. The van der Waals surface area contributed by atoms with E-state index in [9.17, 15) is 10.2 Å². The van der Waals surface area contributed by atoms with Gasteiger partial charge in [0.1, 0.15) is 22.8 Å². The summed E-state index contributed by atoms with van der Waals surface area (Å²) in [5.41, 5.74) is 2.50. The standard InChI is InChI=1S/C43H53F2N7O4/c1-4-32-35(44)10-9-27-18-31(54)20-33(37(27)32)39-38(45)40-34(21-46-39)41(50-13-7-15-52-30(22-50)19-28(23-53)49-52)48-42(47-40)55-24-43-11-5-8-36(43)51(14-6-12-43)29-16-25(2)56-26(3)17-29/h9-10,18-19,21,25-26,29,31,36,53-54H,4-8,11-17,20,22-24H2,1-3H3/t25-,26+,29?,31?,36?,43?. The zero-order valence-corrected chi connectivity index (χ0v) is 32.7. The molecule has 6 atom stereocenters. The van der Waals surface area contributed by atoms with Crippen molar-refractivity contribution in [1.82, 2.24) is 29.6 Å². The Hall–Kier alpha value is -4.04. The van der Waals surface area contributed by atoms with E-state index in [2.05, 4.69) is 28.7 Å². The van der Waals surface area contributed by atoms with Gasteiger partial charge in [-0.3, -0.25) is 14.6 Å². The van der Waals surface area contributed by atoms with E-state index < -0.39 is 11.9 Å². The second kappa shape index (κ2) is 15.0. The quantitative estimate of drug-likeness (QED) is 0.262. The summed E-state index contributed by atoms with van der Waals surface area (Å²) in [5, 5.41) is 27.0. The van der Waals surface area contributed by atoms with Gasteiger partial charge in [0.2, 0.25) is 0 Å². The Kier molecular flexibility index (Phi) is 10.1. The highest BCUT2D eigenvalue weighted by atomic mass is 19.1. The Balaban J connectivity index is 1.13. The molecular weight excluding hydrogens is 717 g/mol. The van der Waals surface area contributed by atoms with Crippen LogP contribution in [0.3, 0.4) is 0 Å². The van der Waals surface area contributed by atoms with Crippen LogP contribution in [0, 0.1) is 17.0 Å². The van der Waals surface area contributed by atoms with Crippen molar-refractivity contribution in [3.63, 3.8) is 0 Å². The number of hydrogen-bond donors (Lipinski definition) is 2. The van der Waals surface area contributed by atoms with Crippen molar-refractivity contribution in [3.8, 4) is 6.01 Å². The first kappa shape index (κ1) is 37.5. The number of halogens is 2. The highest BCUT2D eigenvalue weighted by molar-refractivity contribution is 5.91. The molecule has 6 heterocycles. The molecule has 3 fully saturated rings. The molecule has 0 radical (unpaired) electrons. The SMILES string of the molecule is CCc1c(F)ccc2c1=C(c1ncc3c(N4CCCn5nc(CO)cc5C4)nc(OCC45CCCC4N(C4C[C@@H](C)O[C@@H](C)C4)CCC5)nc3c1F)CC(O)C=2. The molecule has 3 aliphatic heterocycles. The molecule has 9 rings (SSSR count). The van der Waals surface area contributed by atoms with Gasteiger partial charge >= 0.3 is 6.01 Å². The van der Waals surface area contributed by atoms with Crippen LogP contribution in [-0.2, 0) is 30.9 Å². The van der Waals surface area contributed by atoms with E-state index in [-0.39, 0.29) is 53.7 Å². The molecule has 5 aliphatic rings. The number of fused-ring (bicyclic) bond motifs is 4. The summed E-state index contributed by atoms with van der Waals surface area (Å²) in [6.07, 6.45) is 11.7. The monoisotopic (exact) mass is 769 g/mol. The minimum atomic E-state index is -0.878. The number of aromatic nitrogens is 5. The summed E-state index contributed by atoms with van der Waals surface area (Å²) < 4.78 is 47.3. The number of benzene rings is 1. The zero-order chi connectivity index (χ0) is 38.7. The van der Waals surface area contributed by atoms with Crippen molar-refractivity contribution < 1.29 is 28.5 Å². The Morgan fingerprint density at radius 2 is 1.86 bits per heavy atom. The van der Waals surface area contributed by atoms with Gasteiger partial charge in [-0.1, -0.05) is 19.4 Å². The molecule has 56 heavy (non-hydrogen) atoms. The zero-order valence-electron chi connectivity index (χ0n) is 32.7. The Labute approximate surface area is 326 Å². The van der Waals surface area contributed by atoms with E-state index in [1.807, 2.05) is 17.7 Å². The lowest BCUT2D eigenvalue weighted by Gasteiger charge is -2.51. The fourth-order valence-electron chi connectivity index (χ4n) is 10.8. The predicted molar refractivity (Wildman–Crippen MR) is 208 cm³/mol. The topological polar surface area (TPSA) is 122 Å². The summed E-state index contributed by atoms with van der Waals surface area (Å²) in [4.78, 5) is 19.4. The molecule has 0 spiro atoms. The van der Waals surface area contributed by atoms with Crippen LogP contribution >= 0.6 is 0 Å². The molecule has 4 aromatic rings. The maximum Gasteiger partial charge on any atom is 0.319 e. The van der Waals surface area contributed by atoms with Crippen molar-refractivity contribution >= 4 is 28.4 Å². The van der Waals surface area contributed by atoms with Gasteiger partial charge in [-0.15, -0.1) is 0 Å². The van der Waals surface area contributed by atoms with Gasteiger partial charge in [0.25, 0.3) is 0 Å². The predicted octanol–water partition coefficient (Wildman–Crippen LogP) is 4.68. The van der Waals surface area contributed by atoms with Crippen LogP contribution in [0.5, 0.6) is 6.01 Å². The van der Waals surface area contributed by atoms with Gasteiger partial charge in [0.05, 0.1) is 54.8 Å². The third-order valence-electron chi connectivity index (χ3n) is 13.2. The second-order valence-corrected chi connectivity index (χ2v) is 16.8. The largest absolute Gasteiger partial charge is 0.463 e. The second-order valence-electron chi connectivity index (χ2n) is 16.8. The van der Waals surface area contributed by atoms with Gasteiger partial charge in [-0.25, -0.2) is 8.78 Å². The van der Waals surface area contributed by atoms with E-state index in [4.69, 9.17) is 24.4 Å². The number of aliphatic hydroxyl groups is 2. The summed E-state index contributed by atoms with van der Waals surface area (Å²) in [6, 6.07) is 5.91. The lowest BCUT2D eigenvalue weighted by Crippen LogP contribution is -2.57. The normalized spacial score (nSPS) is 28.1. The lowest BCUT2D eigenvalue weighted by molar-refractivity contribution is -0.0967. The first-order valence-corrected chi connectivity index (χ1v) is 20.7. The molecule has 2 aliphatic carbocycles. The van der Waals surface area contributed by atoms with E-state index in [0.29, 0.717) is 83.2 Å². The van der Waals surface area contributed by atoms with Crippen molar-refractivity contribution in [2.24, 2.45) is 5.41 Å². The lowest BCUT2D eigenvalue weighted by atomic mass is 9.74. The molecule has 1 saturated carbocycles. The smallest absolute Gasteiger partial charge is 0.319 e. The fraction of sp³-hybridized carbons (Fsp3) is 0.581. The summed E-state index contributed by atoms with van der Waals surface area (Å²) >= 11 is 0. The molecule has 0 bridgehead atoms. The van der Waals surface area contributed by atoms with Gasteiger partial charge in [-0.2, -0.15) is 15.1 Å². The first-order chi connectivity index (χ1) is 27.1. The molecule has 1 aromatic carbocycles. The third-order valence-corrected chi connectivity index (χ3v) is 13.2. The molecule has 2 saturated heterocycles. The summed E-state index contributed by atoms with van der Waals surface area (Å²) in [6.45, 7) is 9.34. The average Bonchev–Trinajstić information content (AvgIpc) is 3.74. The number of hydrogen-bond acceptors (Lipinski definition) is 10. The Morgan fingerprint density at radius 3 is 2.66 bits per heavy atom. The van der Waals surface area contributed by atoms with E-state index in [1.165, 1.54) is 6.07 Å². The number of piperidine rings is 1. The number of nitrogens with zero attached hydrogens (tertiary/aromatic N) is 7. The number of aliphatic hydroxyl groups excluding tert-OH is 2. The van der Waals surface area contributed by atoms with Crippen LogP contribution in [0.25, 0.3) is 22.6 Å². The third kappa shape index (κ3) is 6.67. The Morgan fingerprint density at radius 1 is 1.04 bits per heavy atom. The van der Waals surface area contributed by atoms with Gasteiger partial charge in [-0.05, 0) is 112 Å². The van der Waals surface area contributed by atoms with Gasteiger partial charge in [0.15, 0.2) is 5.82 Å². The van der Waals surface area contributed by atoms with Crippen LogP contribution in [0.4, 0.5) is 14.6 Å². The molecule has 2 N–H and O–H groups in total. The van der Waals surface area contributed by atoms with Crippen LogP contribution in [0.2, 0.25) is 0 Å². The van der Waals surface area contributed by atoms with Crippen molar-refractivity contribution in [2.75, 3.05) is 24.6 Å². The van der Waals surface area contributed by atoms with Gasteiger partial charge in [0, 0.05) is 43.2 Å². The maximum absolute atomic E-state index is 17.3. The maximum atomic E-state index is 17.3. The number of aryl methyl sites for hydroxylation is 1. The number of anilines is 1. The van der Waals surface area contributed by atoms with E-state index in [0.717, 1.165) is 63.6 Å². The summed E-state index contributed by atoms with van der Waals surface area (Å²) in [5.74, 6) is -0.503. The highest BCUT2D eigenvalue weighted by Crippen LogP contribution is 2.49.